The molecule has 3 rings (SSSR count). The van der Waals surface area contributed by atoms with Crippen molar-refractivity contribution in [3.8, 4) is 0 Å². The summed E-state index contributed by atoms with van der Waals surface area (Å²) in [5, 5.41) is 0. The molecule has 1 aliphatic rings. The van der Waals surface area contributed by atoms with Gasteiger partial charge in [0.2, 0.25) is 11.4 Å². The van der Waals surface area contributed by atoms with Gasteiger partial charge in [-0.25, -0.2) is 4.70 Å². The highest BCUT2D eigenvalue weighted by molar-refractivity contribution is 5.83. The molecular formula is C84H144N2. The molecule has 490 valence electrons. The second kappa shape index (κ2) is 58.4. The van der Waals surface area contributed by atoms with E-state index in [-0.39, 0.29) is 0 Å². The van der Waals surface area contributed by atoms with Crippen LogP contribution >= 0.6 is 0 Å². The van der Waals surface area contributed by atoms with Crippen LogP contribution in [0.5, 0.6) is 0 Å². The molecule has 0 aliphatic carbocycles. The molecule has 2 aromatic carbocycles. The van der Waals surface area contributed by atoms with Crippen molar-refractivity contribution in [2.24, 2.45) is 0 Å². The van der Waals surface area contributed by atoms with Gasteiger partial charge in [0, 0.05) is 22.3 Å². The van der Waals surface area contributed by atoms with Gasteiger partial charge in [0.1, 0.15) is 0 Å². The predicted molar refractivity (Wildman–Crippen MR) is 387 cm³/mol. The number of hydrogen-bond donors (Lipinski definition) is 0. The van der Waals surface area contributed by atoms with Gasteiger partial charge in [-0.3, -0.25) is 0 Å². The van der Waals surface area contributed by atoms with Gasteiger partial charge in [-0.2, -0.15) is 0 Å². The fourth-order valence-electron chi connectivity index (χ4n) is 13.8. The van der Waals surface area contributed by atoms with Crippen LogP contribution in [-0.2, 0) is 12.8 Å². The van der Waals surface area contributed by atoms with E-state index in [2.05, 4.69) is 101 Å². The minimum atomic E-state index is 0.995. The zero-order chi connectivity index (χ0) is 61.1. The molecule has 0 bridgehead atoms. The van der Waals surface area contributed by atoms with Crippen LogP contribution in [0.3, 0.4) is 0 Å². The zero-order valence-corrected chi connectivity index (χ0v) is 58.2. The fraction of sp³-hybridized carbons (Fsp3) is 0.762. The van der Waals surface area contributed by atoms with E-state index in [1.807, 2.05) is 0 Å². The van der Waals surface area contributed by atoms with Gasteiger partial charge in [-0.1, -0.05) is 397 Å². The van der Waals surface area contributed by atoms with Crippen molar-refractivity contribution < 1.29 is 4.70 Å². The molecule has 0 aromatic heterocycles. The quantitative estimate of drug-likeness (QED) is 0.0358. The Kier molecular flexibility index (Phi) is 52.4. The van der Waals surface area contributed by atoms with Crippen LogP contribution in [0.25, 0.3) is 16.9 Å². The van der Waals surface area contributed by atoms with Crippen molar-refractivity contribution in [3.05, 3.63) is 112 Å². The van der Waals surface area contributed by atoms with E-state index < -0.39 is 0 Å². The number of nitrogens with zero attached hydrogens (tertiary/aromatic N) is 2. The molecule has 0 amide bonds. The van der Waals surface area contributed by atoms with Gasteiger partial charge in [-0.05, 0) is 100 Å². The number of allylic oxidation sites excluding steroid dienone is 6. The summed E-state index contributed by atoms with van der Waals surface area (Å²) in [4.78, 5) is 0. The van der Waals surface area contributed by atoms with E-state index in [0.29, 0.717) is 0 Å². The third-order valence-electron chi connectivity index (χ3n) is 19.4. The second-order valence-electron chi connectivity index (χ2n) is 27.3. The van der Waals surface area contributed by atoms with E-state index >= 15 is 0 Å². The molecule has 0 radical (unpaired) electrons. The minimum absolute atomic E-state index is 0.995. The summed E-state index contributed by atoms with van der Waals surface area (Å²) in [7, 11) is 0. The Morgan fingerprint density at radius 3 is 0.744 bits per heavy atom. The van der Waals surface area contributed by atoms with E-state index in [4.69, 9.17) is 0 Å². The highest BCUT2D eigenvalue weighted by atomic mass is 15.2. The summed E-state index contributed by atoms with van der Waals surface area (Å²) in [5.74, 6) is 0. The Morgan fingerprint density at radius 1 is 0.244 bits per heavy atom. The normalized spacial score (nSPS) is 13.0. The van der Waals surface area contributed by atoms with Crippen molar-refractivity contribution in [3.63, 3.8) is 0 Å². The molecule has 86 heavy (non-hydrogen) atoms. The van der Waals surface area contributed by atoms with E-state index in [0.717, 1.165) is 62.8 Å². The summed E-state index contributed by atoms with van der Waals surface area (Å²) >= 11 is 0. The maximum Gasteiger partial charge on any atom is 0.211 e. The van der Waals surface area contributed by atoms with Crippen LogP contribution < -0.4 is 0 Å². The maximum absolute atomic E-state index is 12.7. The third kappa shape index (κ3) is 39.2. The molecule has 2 heteroatoms. The van der Waals surface area contributed by atoms with Gasteiger partial charge in [-0.15, -0.1) is 0 Å². The molecule has 0 saturated carbocycles. The summed E-state index contributed by atoms with van der Waals surface area (Å²) in [6, 6.07) is 18.1. The van der Waals surface area contributed by atoms with Crippen LogP contribution in [-0.4, -0.2) is 4.70 Å². The lowest BCUT2D eigenvalue weighted by Gasteiger charge is -2.14. The van der Waals surface area contributed by atoms with Gasteiger partial charge in [0.15, 0.2) is 0 Å². The van der Waals surface area contributed by atoms with Gasteiger partial charge >= 0.3 is 0 Å². The van der Waals surface area contributed by atoms with Crippen molar-refractivity contribution in [2.45, 2.75) is 413 Å². The Hall–Kier alpha value is -3.00. The largest absolute Gasteiger partial charge is 0.493 e. The van der Waals surface area contributed by atoms with Gasteiger partial charge in [0.05, 0.1) is 0 Å². The fourth-order valence-corrected chi connectivity index (χ4v) is 13.8. The first kappa shape index (κ1) is 77.2. The van der Waals surface area contributed by atoms with Crippen LogP contribution in [0.1, 0.15) is 422 Å². The molecule has 2 aromatic rings. The molecule has 2 nitrogen and oxygen atoms in total. The van der Waals surface area contributed by atoms with Crippen molar-refractivity contribution in [1.82, 2.24) is 0 Å². The zero-order valence-electron chi connectivity index (χ0n) is 58.2. The van der Waals surface area contributed by atoms with Crippen LogP contribution in [0, 0.1) is 0 Å². The van der Waals surface area contributed by atoms with E-state index in [1.54, 1.807) is 4.70 Å². The number of benzene rings is 2. The molecule has 0 N–H and O–H groups in total. The van der Waals surface area contributed by atoms with Crippen molar-refractivity contribution in [1.29, 1.82) is 0 Å². The number of rotatable bonds is 64. The van der Waals surface area contributed by atoms with Crippen LogP contribution in [0.2, 0.25) is 0 Å². The van der Waals surface area contributed by atoms with Crippen LogP contribution in [0.15, 0.2) is 84.0 Å². The van der Waals surface area contributed by atoms with Crippen molar-refractivity contribution >= 4 is 11.4 Å². The molecule has 0 saturated heterocycles. The molecule has 0 fully saturated rings. The number of hydrogen-bond acceptors (Lipinski definition) is 0. The molecule has 0 unspecified atom stereocenters. The van der Waals surface area contributed by atoms with Gasteiger partial charge < -0.3 is 5.53 Å². The second-order valence-corrected chi connectivity index (χ2v) is 27.3. The SMILES string of the molecule is CCCCCCCCCCCCCCCCCCCCCCCCC=CCCc1ccccc1C1=C(CCCC)C(CCCCCCCC)=C(c2ccccc2CCC=CCCCCCCCCCCCCCCCCCCCCCCCC)[N+]1=[N-]. The molecular weight excluding hydrogens is 1040 g/mol. The Labute approximate surface area is 537 Å². The molecule has 1 aliphatic heterocycles. The maximum atomic E-state index is 12.7. The minimum Gasteiger partial charge on any atom is -0.493 e. The lowest BCUT2D eigenvalue weighted by Crippen LogP contribution is -2.06. The average molecular weight is 1180 g/mol. The number of aryl methyl sites for hydroxylation is 2. The summed E-state index contributed by atoms with van der Waals surface area (Å²) in [6.07, 6.45) is 91.5. The predicted octanol–water partition coefficient (Wildman–Crippen LogP) is 29.8. The lowest BCUT2D eigenvalue weighted by molar-refractivity contribution is -0.345. The summed E-state index contributed by atoms with van der Waals surface area (Å²) < 4.78 is 1.67. The number of unbranched alkanes of at least 4 members (excludes halogenated alkanes) is 50. The summed E-state index contributed by atoms with van der Waals surface area (Å²) in [5.41, 5.74) is 22.8. The average Bonchev–Trinajstić information content (AvgIpc) is 1.70. The first-order valence-corrected chi connectivity index (χ1v) is 39.1. The van der Waals surface area contributed by atoms with Crippen molar-refractivity contribution in [2.75, 3.05) is 0 Å². The monoisotopic (exact) mass is 1180 g/mol. The van der Waals surface area contributed by atoms with Gasteiger partial charge in [0.25, 0.3) is 0 Å². The lowest BCUT2D eigenvalue weighted by atomic mass is 9.89. The highest BCUT2D eigenvalue weighted by Gasteiger charge is 2.36. The molecule has 0 spiro atoms. The molecule has 0 atom stereocenters. The standard InChI is InChI=1S/C84H144N2/c1-5-9-13-16-19-21-23-25-27-29-31-33-35-37-39-41-43-45-47-49-51-53-55-57-59-62-69-77-71-65-67-74-79(77)83-81(73-12-8-4)82(76-64-61-18-15-11-7-3)84(86(83)85)80-75-68-66-72-78(80)70-63-60-58-56-54-52-50-48-46-44-42-40-38-36-34-32-30-28-26-24-22-20-17-14-10-6-2/h57-60,65-68,71-72,74-75H,5-56,61-64,69-70,73,76H2,1-4H3. The first-order valence-electron chi connectivity index (χ1n) is 39.1. The van der Waals surface area contributed by atoms with Crippen LogP contribution in [0.4, 0.5) is 0 Å². The van der Waals surface area contributed by atoms with E-state index in [1.165, 1.54) is 367 Å². The highest BCUT2D eigenvalue weighted by Crippen LogP contribution is 2.46. The summed E-state index contributed by atoms with van der Waals surface area (Å²) in [6.45, 7) is 9.26. The Morgan fingerprint density at radius 2 is 0.465 bits per heavy atom. The molecule has 1 heterocycles. The third-order valence-corrected chi connectivity index (χ3v) is 19.4. The van der Waals surface area contributed by atoms with E-state index in [9.17, 15) is 5.53 Å². The Balaban J connectivity index is 1.38. The first-order chi connectivity index (χ1) is 42.7. The topological polar surface area (TPSA) is 25.3 Å². The smallest absolute Gasteiger partial charge is 0.211 e. The Bertz CT molecular complexity index is 1980.